The van der Waals surface area contributed by atoms with E-state index >= 15 is 0 Å². The molecule has 1 aromatic heterocycles. The SMILES string of the molecule is CCNC(=O)Cc1c(C)oc2c(C=O)c(O)ccc2c1=O. The highest BCUT2D eigenvalue weighted by Gasteiger charge is 2.18. The van der Waals surface area contributed by atoms with E-state index in [0.29, 0.717) is 12.8 Å². The molecule has 21 heavy (non-hydrogen) atoms. The molecule has 2 rings (SSSR count). The second kappa shape index (κ2) is 5.78. The quantitative estimate of drug-likeness (QED) is 0.827. The number of aryl methyl sites for hydroxylation is 1. The smallest absolute Gasteiger partial charge is 0.224 e. The molecule has 0 spiro atoms. The Morgan fingerprint density at radius 1 is 1.43 bits per heavy atom. The fourth-order valence-electron chi connectivity index (χ4n) is 2.15. The van der Waals surface area contributed by atoms with Crippen molar-refractivity contribution in [2.75, 3.05) is 6.54 Å². The van der Waals surface area contributed by atoms with Crippen LogP contribution in [0.25, 0.3) is 11.0 Å². The molecule has 0 bridgehead atoms. The molecule has 1 heterocycles. The zero-order valence-corrected chi connectivity index (χ0v) is 11.7. The van der Waals surface area contributed by atoms with Crippen molar-refractivity contribution >= 4 is 23.2 Å². The number of carbonyl (C=O) groups excluding carboxylic acids is 2. The van der Waals surface area contributed by atoms with Crippen LogP contribution in [0.5, 0.6) is 5.75 Å². The summed E-state index contributed by atoms with van der Waals surface area (Å²) >= 11 is 0. The number of aldehydes is 1. The molecule has 0 radical (unpaired) electrons. The minimum absolute atomic E-state index is 0.0344. The van der Waals surface area contributed by atoms with E-state index in [1.807, 2.05) is 0 Å². The average Bonchev–Trinajstić information content (AvgIpc) is 2.43. The van der Waals surface area contributed by atoms with Crippen molar-refractivity contribution in [3.8, 4) is 5.75 Å². The molecule has 0 aliphatic heterocycles. The zero-order chi connectivity index (χ0) is 15.6. The van der Waals surface area contributed by atoms with Gasteiger partial charge in [0.1, 0.15) is 11.5 Å². The summed E-state index contributed by atoms with van der Waals surface area (Å²) in [6, 6.07) is 2.64. The van der Waals surface area contributed by atoms with Crippen LogP contribution in [0.15, 0.2) is 21.3 Å². The molecule has 110 valence electrons. The molecule has 1 aromatic carbocycles. The van der Waals surface area contributed by atoms with E-state index in [1.54, 1.807) is 13.8 Å². The average molecular weight is 289 g/mol. The van der Waals surface area contributed by atoms with E-state index in [0.717, 1.165) is 0 Å². The van der Waals surface area contributed by atoms with Crippen LogP contribution in [0.2, 0.25) is 0 Å². The van der Waals surface area contributed by atoms with Gasteiger partial charge in [-0.15, -0.1) is 0 Å². The Hall–Kier alpha value is -2.63. The highest BCUT2D eigenvalue weighted by molar-refractivity contribution is 5.97. The van der Waals surface area contributed by atoms with E-state index in [4.69, 9.17) is 4.42 Å². The predicted molar refractivity (Wildman–Crippen MR) is 76.7 cm³/mol. The van der Waals surface area contributed by atoms with Crippen molar-refractivity contribution in [1.82, 2.24) is 5.32 Å². The topological polar surface area (TPSA) is 96.6 Å². The number of hydrogen-bond donors (Lipinski definition) is 2. The van der Waals surface area contributed by atoms with Gasteiger partial charge >= 0.3 is 0 Å². The third kappa shape index (κ3) is 2.65. The van der Waals surface area contributed by atoms with Crippen LogP contribution >= 0.6 is 0 Å². The second-order valence-electron chi connectivity index (χ2n) is 4.59. The summed E-state index contributed by atoms with van der Waals surface area (Å²) in [6.07, 6.45) is 0.346. The lowest BCUT2D eigenvalue weighted by Gasteiger charge is -2.08. The van der Waals surface area contributed by atoms with Crippen molar-refractivity contribution in [3.63, 3.8) is 0 Å². The zero-order valence-electron chi connectivity index (χ0n) is 11.7. The van der Waals surface area contributed by atoms with Gasteiger partial charge in [0.25, 0.3) is 0 Å². The fourth-order valence-corrected chi connectivity index (χ4v) is 2.15. The van der Waals surface area contributed by atoms with Crippen molar-refractivity contribution in [1.29, 1.82) is 0 Å². The van der Waals surface area contributed by atoms with Gasteiger partial charge in [-0.05, 0) is 26.0 Å². The highest BCUT2D eigenvalue weighted by atomic mass is 16.3. The predicted octanol–water partition coefficient (Wildman–Crippen LogP) is 1.30. The molecule has 2 N–H and O–H groups in total. The minimum atomic E-state index is -0.372. The molecule has 0 aliphatic rings. The Balaban J connectivity index is 2.66. The van der Waals surface area contributed by atoms with E-state index in [2.05, 4.69) is 5.32 Å². The van der Waals surface area contributed by atoms with E-state index in [-0.39, 0.29) is 51.4 Å². The van der Waals surface area contributed by atoms with E-state index in [9.17, 15) is 19.5 Å². The number of likely N-dealkylation sites (N-methyl/N-ethyl adjacent to an activating group) is 1. The second-order valence-corrected chi connectivity index (χ2v) is 4.59. The molecule has 0 saturated carbocycles. The number of phenols is 1. The van der Waals surface area contributed by atoms with Crippen molar-refractivity contribution in [2.45, 2.75) is 20.3 Å². The molecule has 1 amide bonds. The van der Waals surface area contributed by atoms with Crippen LogP contribution in [0.3, 0.4) is 0 Å². The van der Waals surface area contributed by atoms with Gasteiger partial charge in [0, 0.05) is 12.1 Å². The molecule has 6 heteroatoms. The van der Waals surface area contributed by atoms with Gasteiger partial charge in [-0.1, -0.05) is 0 Å². The number of nitrogens with one attached hydrogen (secondary N) is 1. The number of rotatable bonds is 4. The molecule has 0 fully saturated rings. The molecule has 0 atom stereocenters. The number of benzene rings is 1. The highest BCUT2D eigenvalue weighted by Crippen LogP contribution is 2.25. The van der Waals surface area contributed by atoms with Gasteiger partial charge in [0.15, 0.2) is 17.3 Å². The minimum Gasteiger partial charge on any atom is -0.507 e. The number of aromatic hydroxyl groups is 1. The van der Waals surface area contributed by atoms with Gasteiger partial charge in [-0.3, -0.25) is 14.4 Å². The normalized spacial score (nSPS) is 10.6. The van der Waals surface area contributed by atoms with Crippen LogP contribution < -0.4 is 10.7 Å². The third-order valence-electron chi connectivity index (χ3n) is 3.20. The van der Waals surface area contributed by atoms with E-state index in [1.165, 1.54) is 12.1 Å². The molecule has 6 nitrogen and oxygen atoms in total. The Kier molecular flexibility index (Phi) is 4.07. The number of fused-ring (bicyclic) bond motifs is 1. The summed E-state index contributed by atoms with van der Waals surface area (Å²) < 4.78 is 5.48. The Bertz CT molecular complexity index is 776. The summed E-state index contributed by atoms with van der Waals surface area (Å²) in [4.78, 5) is 35.1. The summed E-state index contributed by atoms with van der Waals surface area (Å²) in [5.74, 6) is -0.273. The number of hydrogen-bond acceptors (Lipinski definition) is 5. The van der Waals surface area contributed by atoms with Crippen LogP contribution in [0.1, 0.15) is 28.6 Å². The summed E-state index contributed by atoms with van der Waals surface area (Å²) in [7, 11) is 0. The largest absolute Gasteiger partial charge is 0.507 e. The van der Waals surface area contributed by atoms with Gasteiger partial charge in [-0.2, -0.15) is 0 Å². The first-order valence-corrected chi connectivity index (χ1v) is 6.49. The maximum absolute atomic E-state index is 12.4. The van der Waals surface area contributed by atoms with Crippen molar-refractivity contribution in [3.05, 3.63) is 39.2 Å². The summed E-state index contributed by atoms with van der Waals surface area (Å²) in [5, 5.41) is 12.4. The first kappa shape index (κ1) is 14.8. The Morgan fingerprint density at radius 3 is 2.76 bits per heavy atom. The van der Waals surface area contributed by atoms with Crippen LogP contribution in [-0.4, -0.2) is 23.8 Å². The van der Waals surface area contributed by atoms with Crippen LogP contribution in [-0.2, 0) is 11.2 Å². The standard InChI is InChI=1S/C15H15NO5/c1-3-16-13(19)6-10-8(2)21-15-9(14(10)20)4-5-12(18)11(15)7-17/h4-5,7,18H,3,6H2,1-2H3,(H,16,19). The first-order chi connectivity index (χ1) is 9.99. The van der Waals surface area contributed by atoms with Gasteiger partial charge in [0.2, 0.25) is 5.91 Å². The first-order valence-electron chi connectivity index (χ1n) is 6.49. The number of amides is 1. The third-order valence-corrected chi connectivity index (χ3v) is 3.20. The Morgan fingerprint density at radius 2 is 2.14 bits per heavy atom. The molecule has 2 aromatic rings. The molecular weight excluding hydrogens is 274 g/mol. The molecular formula is C15H15NO5. The lowest BCUT2D eigenvalue weighted by molar-refractivity contribution is -0.120. The summed E-state index contributed by atoms with van der Waals surface area (Å²) in [6.45, 7) is 3.81. The fraction of sp³-hybridized carbons (Fsp3) is 0.267. The van der Waals surface area contributed by atoms with Gasteiger partial charge in [0.05, 0.1) is 17.4 Å². The van der Waals surface area contributed by atoms with Gasteiger partial charge in [-0.25, -0.2) is 0 Å². The number of phenolic OH excluding ortho intramolecular Hbond substituents is 1. The van der Waals surface area contributed by atoms with Crippen molar-refractivity contribution < 1.29 is 19.1 Å². The molecule has 0 unspecified atom stereocenters. The molecule has 0 aliphatic carbocycles. The Labute approximate surface area is 120 Å². The maximum Gasteiger partial charge on any atom is 0.224 e. The monoisotopic (exact) mass is 289 g/mol. The van der Waals surface area contributed by atoms with E-state index < -0.39 is 0 Å². The number of carbonyl (C=O) groups is 2. The van der Waals surface area contributed by atoms with Gasteiger partial charge < -0.3 is 14.8 Å². The molecule has 0 saturated heterocycles. The van der Waals surface area contributed by atoms with Crippen LogP contribution in [0.4, 0.5) is 0 Å². The summed E-state index contributed by atoms with van der Waals surface area (Å²) in [5.41, 5.74) is -0.163. The lowest BCUT2D eigenvalue weighted by atomic mass is 10.0. The lowest BCUT2D eigenvalue weighted by Crippen LogP contribution is -2.27. The maximum atomic E-state index is 12.4. The van der Waals surface area contributed by atoms with Crippen molar-refractivity contribution in [2.24, 2.45) is 0 Å². The van der Waals surface area contributed by atoms with Crippen LogP contribution in [0, 0.1) is 6.92 Å².